The Labute approximate surface area is 182 Å². The topological polar surface area (TPSA) is 85.3 Å². The number of rotatable bonds is 6. The van der Waals surface area contributed by atoms with Crippen LogP contribution in [0.5, 0.6) is 0 Å². The molecular formula is C22H21BrN4O3. The average molecular weight is 469 g/mol. The monoisotopic (exact) mass is 468 g/mol. The van der Waals surface area contributed by atoms with E-state index in [-0.39, 0.29) is 17.9 Å². The van der Waals surface area contributed by atoms with Gasteiger partial charge in [-0.25, -0.2) is 4.68 Å². The molecule has 1 saturated heterocycles. The van der Waals surface area contributed by atoms with Crippen LogP contribution in [0.1, 0.15) is 33.6 Å². The maximum absolute atomic E-state index is 12.7. The second kappa shape index (κ2) is 9.23. The zero-order chi connectivity index (χ0) is 20.9. The molecule has 1 atom stereocenters. The van der Waals surface area contributed by atoms with Crippen molar-refractivity contribution in [2.24, 2.45) is 0 Å². The van der Waals surface area contributed by atoms with E-state index in [0.717, 1.165) is 29.6 Å². The third-order valence-corrected chi connectivity index (χ3v) is 5.29. The van der Waals surface area contributed by atoms with E-state index in [0.29, 0.717) is 23.4 Å². The molecule has 2 aromatic carbocycles. The van der Waals surface area contributed by atoms with Gasteiger partial charge in [-0.05, 0) is 65.2 Å². The zero-order valence-electron chi connectivity index (χ0n) is 16.2. The summed E-state index contributed by atoms with van der Waals surface area (Å²) in [6.45, 7) is 1.20. The van der Waals surface area contributed by atoms with Crippen LogP contribution in [-0.4, -0.2) is 40.9 Å². The molecule has 2 heterocycles. The number of carbonyl (C=O) groups is 2. The number of ether oxygens (including phenoxy) is 1. The summed E-state index contributed by atoms with van der Waals surface area (Å²) in [7, 11) is 0. The normalized spacial score (nSPS) is 15.7. The van der Waals surface area contributed by atoms with Crippen LogP contribution in [0.2, 0.25) is 0 Å². The highest BCUT2D eigenvalue weighted by molar-refractivity contribution is 9.10. The summed E-state index contributed by atoms with van der Waals surface area (Å²) in [5.41, 5.74) is 2.21. The van der Waals surface area contributed by atoms with Gasteiger partial charge in [0.25, 0.3) is 11.8 Å². The number of halogens is 1. The first-order valence-corrected chi connectivity index (χ1v) is 10.5. The summed E-state index contributed by atoms with van der Waals surface area (Å²) in [5, 5.41) is 9.95. The molecule has 0 saturated carbocycles. The van der Waals surface area contributed by atoms with Crippen molar-refractivity contribution in [1.82, 2.24) is 15.1 Å². The predicted octanol–water partition coefficient (Wildman–Crippen LogP) is 3.80. The number of anilines is 1. The fraction of sp³-hybridized carbons (Fsp3) is 0.227. The van der Waals surface area contributed by atoms with Gasteiger partial charge in [-0.1, -0.05) is 12.1 Å². The van der Waals surface area contributed by atoms with Crippen molar-refractivity contribution in [3.05, 3.63) is 76.5 Å². The third kappa shape index (κ3) is 4.77. The molecule has 0 bridgehead atoms. The standard InChI is InChI=1S/C22H21BrN4O3/c23-16-12-25-27(14-16)17-9-7-15(8-10-17)21(28)26-20-6-2-1-5-19(20)22(29)24-13-18-4-3-11-30-18/h1-2,5-10,12,14,18H,3-4,11,13H2,(H,24,29)(H,26,28). The van der Waals surface area contributed by atoms with Crippen LogP contribution >= 0.6 is 15.9 Å². The lowest BCUT2D eigenvalue weighted by molar-refractivity contribution is 0.0858. The minimum Gasteiger partial charge on any atom is -0.376 e. The minimum absolute atomic E-state index is 0.0598. The van der Waals surface area contributed by atoms with E-state index in [1.165, 1.54) is 0 Å². The van der Waals surface area contributed by atoms with Gasteiger partial charge >= 0.3 is 0 Å². The Balaban J connectivity index is 1.43. The fourth-order valence-corrected chi connectivity index (χ4v) is 3.58. The SMILES string of the molecule is O=C(Nc1ccccc1C(=O)NCC1CCCO1)c1ccc(-n2cc(Br)cn2)cc1. The number of hydrogen-bond acceptors (Lipinski definition) is 4. The summed E-state index contributed by atoms with van der Waals surface area (Å²) in [5.74, 6) is -0.524. The van der Waals surface area contributed by atoms with Crippen LogP contribution in [0.15, 0.2) is 65.4 Å². The lowest BCUT2D eigenvalue weighted by Crippen LogP contribution is -2.32. The molecule has 1 aliphatic rings. The molecule has 0 spiro atoms. The maximum atomic E-state index is 12.7. The number of hydrogen-bond donors (Lipinski definition) is 2. The predicted molar refractivity (Wildman–Crippen MR) is 117 cm³/mol. The first-order valence-electron chi connectivity index (χ1n) is 9.71. The molecule has 4 rings (SSSR count). The molecule has 2 N–H and O–H groups in total. The Hall–Kier alpha value is -2.97. The molecule has 7 nitrogen and oxygen atoms in total. The van der Waals surface area contributed by atoms with E-state index in [9.17, 15) is 9.59 Å². The van der Waals surface area contributed by atoms with E-state index in [2.05, 4.69) is 31.7 Å². The number of amides is 2. The van der Waals surface area contributed by atoms with E-state index >= 15 is 0 Å². The molecule has 0 radical (unpaired) electrons. The Morgan fingerprint density at radius 3 is 2.63 bits per heavy atom. The average Bonchev–Trinajstić information content (AvgIpc) is 3.44. The number of aromatic nitrogens is 2. The van der Waals surface area contributed by atoms with Crippen molar-refractivity contribution < 1.29 is 14.3 Å². The second-order valence-electron chi connectivity index (χ2n) is 6.99. The van der Waals surface area contributed by atoms with Crippen LogP contribution in [-0.2, 0) is 4.74 Å². The van der Waals surface area contributed by atoms with Gasteiger partial charge in [0.15, 0.2) is 0 Å². The summed E-state index contributed by atoms with van der Waals surface area (Å²) in [4.78, 5) is 25.3. The summed E-state index contributed by atoms with van der Waals surface area (Å²) in [6.07, 6.45) is 5.56. The van der Waals surface area contributed by atoms with Crippen molar-refractivity contribution in [2.45, 2.75) is 18.9 Å². The molecule has 3 aromatic rings. The quantitative estimate of drug-likeness (QED) is 0.576. The number of nitrogens with zero attached hydrogens (tertiary/aromatic N) is 2. The van der Waals surface area contributed by atoms with Gasteiger partial charge in [0.2, 0.25) is 0 Å². The highest BCUT2D eigenvalue weighted by Crippen LogP contribution is 2.18. The van der Waals surface area contributed by atoms with Gasteiger partial charge < -0.3 is 15.4 Å². The van der Waals surface area contributed by atoms with Crippen LogP contribution in [0, 0.1) is 0 Å². The lowest BCUT2D eigenvalue weighted by atomic mass is 10.1. The molecule has 154 valence electrons. The molecule has 1 aromatic heterocycles. The molecule has 1 fully saturated rings. The fourth-order valence-electron chi connectivity index (χ4n) is 3.30. The largest absolute Gasteiger partial charge is 0.376 e. The Bertz CT molecular complexity index is 1040. The molecule has 1 aliphatic heterocycles. The van der Waals surface area contributed by atoms with Crippen molar-refractivity contribution in [3.63, 3.8) is 0 Å². The maximum Gasteiger partial charge on any atom is 0.255 e. The number of nitrogens with one attached hydrogen (secondary N) is 2. The van der Waals surface area contributed by atoms with Gasteiger partial charge in [-0.3, -0.25) is 9.59 Å². The van der Waals surface area contributed by atoms with E-state index in [1.807, 2.05) is 18.3 Å². The van der Waals surface area contributed by atoms with Crippen LogP contribution < -0.4 is 10.6 Å². The van der Waals surface area contributed by atoms with Crippen molar-refractivity contribution in [3.8, 4) is 5.69 Å². The van der Waals surface area contributed by atoms with Crippen LogP contribution in [0.25, 0.3) is 5.69 Å². The third-order valence-electron chi connectivity index (χ3n) is 4.88. The number of benzene rings is 2. The number of para-hydroxylation sites is 1. The highest BCUT2D eigenvalue weighted by atomic mass is 79.9. The van der Waals surface area contributed by atoms with Gasteiger partial charge in [-0.2, -0.15) is 5.10 Å². The lowest BCUT2D eigenvalue weighted by Gasteiger charge is -2.14. The first kappa shape index (κ1) is 20.3. The van der Waals surface area contributed by atoms with E-state index in [1.54, 1.807) is 47.3 Å². The van der Waals surface area contributed by atoms with Gasteiger partial charge in [0, 0.05) is 24.9 Å². The van der Waals surface area contributed by atoms with E-state index < -0.39 is 0 Å². The smallest absolute Gasteiger partial charge is 0.255 e. The van der Waals surface area contributed by atoms with Crippen molar-refractivity contribution >= 4 is 33.4 Å². The van der Waals surface area contributed by atoms with Gasteiger partial charge in [0.1, 0.15) is 0 Å². The molecule has 1 unspecified atom stereocenters. The highest BCUT2D eigenvalue weighted by Gasteiger charge is 2.18. The minimum atomic E-state index is -0.289. The van der Waals surface area contributed by atoms with Crippen LogP contribution in [0.3, 0.4) is 0 Å². The van der Waals surface area contributed by atoms with Gasteiger partial charge in [0.05, 0.1) is 33.7 Å². The Morgan fingerprint density at radius 1 is 1.13 bits per heavy atom. The Kier molecular flexibility index (Phi) is 6.25. The Morgan fingerprint density at radius 2 is 1.93 bits per heavy atom. The molecule has 2 amide bonds. The van der Waals surface area contributed by atoms with E-state index in [4.69, 9.17) is 4.74 Å². The van der Waals surface area contributed by atoms with Crippen molar-refractivity contribution in [2.75, 3.05) is 18.5 Å². The van der Waals surface area contributed by atoms with Gasteiger partial charge in [-0.15, -0.1) is 0 Å². The second-order valence-corrected chi connectivity index (χ2v) is 7.91. The summed E-state index contributed by atoms with van der Waals surface area (Å²) in [6, 6.07) is 14.0. The first-order chi connectivity index (χ1) is 14.6. The van der Waals surface area contributed by atoms with Crippen LogP contribution in [0.4, 0.5) is 5.69 Å². The molecule has 0 aliphatic carbocycles. The zero-order valence-corrected chi connectivity index (χ0v) is 17.8. The molecule has 30 heavy (non-hydrogen) atoms. The molecule has 8 heteroatoms. The van der Waals surface area contributed by atoms with Crippen molar-refractivity contribution in [1.29, 1.82) is 0 Å². The summed E-state index contributed by atoms with van der Waals surface area (Å²) < 4.78 is 8.12. The summed E-state index contributed by atoms with van der Waals surface area (Å²) >= 11 is 3.37. The molecular weight excluding hydrogens is 448 g/mol. The number of carbonyl (C=O) groups excluding carboxylic acids is 2.